The summed E-state index contributed by atoms with van der Waals surface area (Å²) in [5, 5.41) is 2.90. The normalized spacial score (nSPS) is 20.4. The van der Waals surface area contributed by atoms with E-state index in [-0.39, 0.29) is 36.1 Å². The highest BCUT2D eigenvalue weighted by atomic mass is 16.2. The van der Waals surface area contributed by atoms with Gasteiger partial charge in [-0.3, -0.25) is 19.3 Å². The third-order valence-corrected chi connectivity index (χ3v) is 5.64. The molecule has 0 aromatic heterocycles. The third-order valence-electron chi connectivity index (χ3n) is 5.64. The number of piperazine rings is 1. The minimum absolute atomic E-state index is 0.0198. The Kier molecular flexibility index (Phi) is 6.90. The number of carbonyl (C=O) groups excluding carboxylic acids is 3. The molecule has 29 heavy (non-hydrogen) atoms. The van der Waals surface area contributed by atoms with Crippen LogP contribution in [-0.4, -0.2) is 72.8 Å². The van der Waals surface area contributed by atoms with Crippen LogP contribution in [0.4, 0.5) is 5.69 Å². The fourth-order valence-electron chi connectivity index (χ4n) is 4.13. The lowest BCUT2D eigenvalue weighted by atomic mass is 10.1. The molecule has 7 nitrogen and oxygen atoms in total. The first kappa shape index (κ1) is 21.3. The van der Waals surface area contributed by atoms with Crippen molar-refractivity contribution < 1.29 is 14.4 Å². The zero-order valence-corrected chi connectivity index (χ0v) is 17.7. The van der Waals surface area contributed by atoms with Gasteiger partial charge in [-0.25, -0.2) is 0 Å². The largest absolute Gasteiger partial charge is 0.353 e. The van der Waals surface area contributed by atoms with E-state index in [0.29, 0.717) is 39.3 Å². The molecule has 2 aliphatic heterocycles. The number of hydrogen-bond acceptors (Lipinski definition) is 4. The van der Waals surface area contributed by atoms with Crippen molar-refractivity contribution in [2.75, 3.05) is 44.2 Å². The summed E-state index contributed by atoms with van der Waals surface area (Å²) in [4.78, 5) is 43.2. The van der Waals surface area contributed by atoms with Crippen molar-refractivity contribution in [3.8, 4) is 0 Å². The van der Waals surface area contributed by atoms with Gasteiger partial charge in [0.15, 0.2) is 0 Å². The second kappa shape index (κ2) is 9.39. The number of aryl methyl sites for hydroxylation is 1. The van der Waals surface area contributed by atoms with Crippen molar-refractivity contribution >= 4 is 23.4 Å². The van der Waals surface area contributed by atoms with Gasteiger partial charge in [-0.2, -0.15) is 0 Å². The molecular weight excluding hydrogens is 368 g/mol. The minimum Gasteiger partial charge on any atom is -0.353 e. The van der Waals surface area contributed by atoms with Gasteiger partial charge in [-0.05, 0) is 31.9 Å². The molecule has 3 rings (SSSR count). The molecule has 2 saturated heterocycles. The fraction of sp³-hybridized carbons (Fsp3) is 0.591. The van der Waals surface area contributed by atoms with E-state index in [1.807, 2.05) is 43.0 Å². The SMILES string of the molecule is CCc1ccccc1N1CC(C(=O)N2CCN(CC(=O)NC(C)C)CC2)CC1=O. The van der Waals surface area contributed by atoms with Gasteiger partial charge in [-0.1, -0.05) is 25.1 Å². The zero-order valence-electron chi connectivity index (χ0n) is 17.7. The number of para-hydroxylation sites is 1. The Bertz CT molecular complexity index is 756. The molecule has 7 heteroatoms. The molecule has 0 bridgehead atoms. The van der Waals surface area contributed by atoms with E-state index < -0.39 is 0 Å². The number of nitrogens with zero attached hydrogens (tertiary/aromatic N) is 3. The number of benzene rings is 1. The highest BCUT2D eigenvalue weighted by molar-refractivity contribution is 6.00. The van der Waals surface area contributed by atoms with Crippen LogP contribution in [0.25, 0.3) is 0 Å². The molecule has 2 heterocycles. The summed E-state index contributed by atoms with van der Waals surface area (Å²) in [6.07, 6.45) is 1.12. The number of anilines is 1. The quantitative estimate of drug-likeness (QED) is 0.781. The number of carbonyl (C=O) groups is 3. The Labute approximate surface area is 173 Å². The van der Waals surface area contributed by atoms with Crippen LogP contribution in [-0.2, 0) is 20.8 Å². The van der Waals surface area contributed by atoms with Crippen molar-refractivity contribution in [2.45, 2.75) is 39.7 Å². The van der Waals surface area contributed by atoms with E-state index in [0.717, 1.165) is 17.7 Å². The number of hydrogen-bond donors (Lipinski definition) is 1. The van der Waals surface area contributed by atoms with Gasteiger partial charge in [0.05, 0.1) is 12.5 Å². The molecule has 0 radical (unpaired) electrons. The summed E-state index contributed by atoms with van der Waals surface area (Å²) in [6.45, 7) is 9.34. The van der Waals surface area contributed by atoms with Crippen LogP contribution in [0.2, 0.25) is 0 Å². The standard InChI is InChI=1S/C22H32N4O3/c1-4-17-7-5-6-8-19(17)26-14-18(13-21(26)28)22(29)25-11-9-24(10-12-25)15-20(27)23-16(2)3/h5-8,16,18H,4,9-15H2,1-3H3,(H,23,27). The monoisotopic (exact) mass is 400 g/mol. The lowest BCUT2D eigenvalue weighted by Crippen LogP contribution is -2.52. The van der Waals surface area contributed by atoms with Crippen LogP contribution >= 0.6 is 0 Å². The smallest absolute Gasteiger partial charge is 0.234 e. The van der Waals surface area contributed by atoms with Crippen LogP contribution < -0.4 is 10.2 Å². The average Bonchev–Trinajstić information content (AvgIpc) is 3.08. The molecule has 1 aromatic carbocycles. The topological polar surface area (TPSA) is 73.0 Å². The zero-order chi connectivity index (χ0) is 21.0. The first-order valence-electron chi connectivity index (χ1n) is 10.6. The number of amides is 3. The molecule has 1 N–H and O–H groups in total. The molecule has 2 fully saturated rings. The van der Waals surface area contributed by atoms with Crippen molar-refractivity contribution in [3.63, 3.8) is 0 Å². The van der Waals surface area contributed by atoms with Crippen LogP contribution in [0.5, 0.6) is 0 Å². The molecule has 1 aromatic rings. The summed E-state index contributed by atoms with van der Waals surface area (Å²) < 4.78 is 0. The maximum Gasteiger partial charge on any atom is 0.234 e. The van der Waals surface area contributed by atoms with Gasteiger partial charge in [-0.15, -0.1) is 0 Å². The van der Waals surface area contributed by atoms with E-state index >= 15 is 0 Å². The molecular formula is C22H32N4O3. The summed E-state index contributed by atoms with van der Waals surface area (Å²) >= 11 is 0. The van der Waals surface area contributed by atoms with E-state index in [1.165, 1.54) is 0 Å². The van der Waals surface area contributed by atoms with E-state index in [4.69, 9.17) is 0 Å². The third kappa shape index (κ3) is 5.15. The first-order valence-corrected chi connectivity index (χ1v) is 10.6. The molecule has 1 atom stereocenters. The van der Waals surface area contributed by atoms with Gasteiger partial charge in [0.1, 0.15) is 0 Å². The molecule has 1 unspecified atom stereocenters. The second-order valence-corrected chi connectivity index (χ2v) is 8.21. The maximum atomic E-state index is 13.0. The van der Waals surface area contributed by atoms with Gasteiger partial charge in [0, 0.05) is 50.9 Å². The maximum absolute atomic E-state index is 13.0. The molecule has 3 amide bonds. The lowest BCUT2D eigenvalue weighted by Gasteiger charge is -2.35. The van der Waals surface area contributed by atoms with Crippen LogP contribution in [0, 0.1) is 5.92 Å². The van der Waals surface area contributed by atoms with Crippen molar-refractivity contribution in [3.05, 3.63) is 29.8 Å². The fourth-order valence-corrected chi connectivity index (χ4v) is 4.13. The molecule has 2 aliphatic rings. The van der Waals surface area contributed by atoms with E-state index in [2.05, 4.69) is 17.1 Å². The Morgan fingerprint density at radius 1 is 1.14 bits per heavy atom. The summed E-state index contributed by atoms with van der Waals surface area (Å²) in [5.74, 6) is -0.191. The van der Waals surface area contributed by atoms with Gasteiger partial charge in [0.2, 0.25) is 17.7 Å². The number of rotatable bonds is 6. The van der Waals surface area contributed by atoms with Crippen LogP contribution in [0.1, 0.15) is 32.8 Å². The van der Waals surface area contributed by atoms with Gasteiger partial charge < -0.3 is 15.1 Å². The first-order chi connectivity index (χ1) is 13.9. The number of nitrogens with one attached hydrogen (secondary N) is 1. The molecule has 158 valence electrons. The highest BCUT2D eigenvalue weighted by Gasteiger charge is 2.38. The Hall–Kier alpha value is -2.41. The van der Waals surface area contributed by atoms with Crippen molar-refractivity contribution in [1.82, 2.24) is 15.1 Å². The van der Waals surface area contributed by atoms with Crippen LogP contribution in [0.3, 0.4) is 0 Å². The second-order valence-electron chi connectivity index (χ2n) is 8.21. The average molecular weight is 401 g/mol. The van der Waals surface area contributed by atoms with Gasteiger partial charge >= 0.3 is 0 Å². The minimum atomic E-state index is -0.289. The Balaban J connectivity index is 1.54. The van der Waals surface area contributed by atoms with Crippen LogP contribution in [0.15, 0.2) is 24.3 Å². The molecule has 0 saturated carbocycles. The predicted octanol–water partition coefficient (Wildman–Crippen LogP) is 1.27. The molecule has 0 aliphatic carbocycles. The lowest BCUT2D eigenvalue weighted by molar-refractivity contribution is -0.137. The van der Waals surface area contributed by atoms with Crippen molar-refractivity contribution in [2.24, 2.45) is 5.92 Å². The molecule has 0 spiro atoms. The predicted molar refractivity (Wildman–Crippen MR) is 113 cm³/mol. The summed E-state index contributed by atoms with van der Waals surface area (Å²) in [7, 11) is 0. The Morgan fingerprint density at radius 2 is 1.83 bits per heavy atom. The van der Waals surface area contributed by atoms with E-state index in [1.54, 1.807) is 4.90 Å². The van der Waals surface area contributed by atoms with Crippen molar-refractivity contribution in [1.29, 1.82) is 0 Å². The van der Waals surface area contributed by atoms with Gasteiger partial charge in [0.25, 0.3) is 0 Å². The highest BCUT2D eigenvalue weighted by Crippen LogP contribution is 2.29. The summed E-state index contributed by atoms with van der Waals surface area (Å²) in [5.41, 5.74) is 2.05. The van der Waals surface area contributed by atoms with E-state index in [9.17, 15) is 14.4 Å². The summed E-state index contributed by atoms with van der Waals surface area (Å²) in [6, 6.07) is 8.04. The Morgan fingerprint density at radius 3 is 2.48 bits per heavy atom.